The molecule has 4 aromatic rings. The van der Waals surface area contributed by atoms with Crippen molar-refractivity contribution in [3.05, 3.63) is 89.2 Å². The smallest absolute Gasteiger partial charge is 0.267 e. The molecule has 0 saturated heterocycles. The first-order valence-corrected chi connectivity index (χ1v) is 10.3. The van der Waals surface area contributed by atoms with Gasteiger partial charge in [-0.1, -0.05) is 37.3 Å². The first kappa shape index (κ1) is 19.5. The summed E-state index contributed by atoms with van der Waals surface area (Å²) in [7, 11) is 0. The fraction of sp³-hybridized carbons (Fsp3) is 0.0909. The van der Waals surface area contributed by atoms with Gasteiger partial charge in [0.25, 0.3) is 11.8 Å². The van der Waals surface area contributed by atoms with Gasteiger partial charge < -0.3 is 0 Å². The molecule has 0 aliphatic carbocycles. The van der Waals surface area contributed by atoms with Gasteiger partial charge in [0, 0.05) is 22.7 Å². The van der Waals surface area contributed by atoms with Gasteiger partial charge in [-0.25, -0.2) is 9.67 Å². The van der Waals surface area contributed by atoms with E-state index in [1.165, 1.54) is 11.3 Å². The van der Waals surface area contributed by atoms with E-state index in [-0.39, 0.29) is 11.6 Å². The van der Waals surface area contributed by atoms with Crippen molar-refractivity contribution in [2.45, 2.75) is 13.3 Å². The van der Waals surface area contributed by atoms with Crippen molar-refractivity contribution in [2.24, 2.45) is 0 Å². The number of hydrogen-bond acceptors (Lipinski definition) is 5. The van der Waals surface area contributed by atoms with E-state index in [1.54, 1.807) is 28.4 Å². The van der Waals surface area contributed by atoms with Gasteiger partial charge in [0.15, 0.2) is 0 Å². The van der Waals surface area contributed by atoms with Gasteiger partial charge in [-0.2, -0.15) is 5.10 Å². The zero-order valence-electron chi connectivity index (χ0n) is 16.2. The number of aryl methyl sites for hydroxylation is 1. The second-order valence-electron chi connectivity index (χ2n) is 6.51. The van der Waals surface area contributed by atoms with Gasteiger partial charge in [0.2, 0.25) is 0 Å². The number of amides is 2. The van der Waals surface area contributed by atoms with Gasteiger partial charge >= 0.3 is 0 Å². The van der Waals surface area contributed by atoms with Crippen LogP contribution in [-0.4, -0.2) is 26.6 Å². The fourth-order valence-electron chi connectivity index (χ4n) is 2.81. The molecule has 150 valence electrons. The highest BCUT2D eigenvalue weighted by Crippen LogP contribution is 2.24. The molecule has 8 heteroatoms. The molecule has 0 bridgehead atoms. The molecule has 0 radical (unpaired) electrons. The number of aromatic nitrogens is 3. The van der Waals surface area contributed by atoms with Crippen molar-refractivity contribution in [3.63, 3.8) is 0 Å². The van der Waals surface area contributed by atoms with Crippen molar-refractivity contribution < 1.29 is 9.59 Å². The number of hydrogen-bond donors (Lipinski definition) is 2. The number of carbonyl (C=O) groups is 2. The molecule has 2 aromatic heterocycles. The van der Waals surface area contributed by atoms with Crippen LogP contribution in [0.25, 0.3) is 16.3 Å². The van der Waals surface area contributed by atoms with Gasteiger partial charge in [-0.15, -0.1) is 11.3 Å². The fourth-order valence-corrected chi connectivity index (χ4v) is 3.58. The number of para-hydroxylation sites is 1. The van der Waals surface area contributed by atoms with Crippen molar-refractivity contribution in [1.29, 1.82) is 0 Å². The van der Waals surface area contributed by atoms with Crippen LogP contribution < -0.4 is 10.9 Å². The van der Waals surface area contributed by atoms with E-state index >= 15 is 0 Å². The molecule has 0 aliphatic rings. The Kier molecular flexibility index (Phi) is 5.67. The van der Waals surface area contributed by atoms with E-state index in [0.29, 0.717) is 10.6 Å². The van der Waals surface area contributed by atoms with Crippen molar-refractivity contribution >= 4 is 23.2 Å². The monoisotopic (exact) mass is 417 g/mol. The maximum Gasteiger partial charge on any atom is 0.289 e. The van der Waals surface area contributed by atoms with E-state index in [2.05, 4.69) is 20.9 Å². The van der Waals surface area contributed by atoms with Gasteiger partial charge in [-0.05, 0) is 36.2 Å². The normalized spacial score (nSPS) is 10.6. The van der Waals surface area contributed by atoms with Crippen LogP contribution in [-0.2, 0) is 6.42 Å². The molecule has 0 aliphatic heterocycles. The number of nitrogens with one attached hydrogen (secondary N) is 2. The average molecular weight is 417 g/mol. The second kappa shape index (κ2) is 8.71. The molecule has 2 heterocycles. The topological polar surface area (TPSA) is 88.9 Å². The minimum atomic E-state index is -0.480. The summed E-state index contributed by atoms with van der Waals surface area (Å²) in [6, 6.07) is 17.0. The predicted octanol–water partition coefficient (Wildman–Crippen LogP) is 3.63. The maximum absolute atomic E-state index is 12.3. The molecule has 0 atom stereocenters. The quantitative estimate of drug-likeness (QED) is 0.485. The summed E-state index contributed by atoms with van der Waals surface area (Å²) in [4.78, 5) is 28.9. The van der Waals surface area contributed by atoms with Gasteiger partial charge in [0.05, 0.1) is 11.9 Å². The molecule has 30 heavy (non-hydrogen) atoms. The lowest BCUT2D eigenvalue weighted by Gasteiger charge is -2.06. The van der Waals surface area contributed by atoms with Crippen LogP contribution >= 0.6 is 11.3 Å². The SMILES string of the molecule is CCc1ccc(C(=O)NNC(=O)c2csc(-c3cnn(-c4ccccc4)c3)n2)cc1. The molecule has 4 rings (SSSR count). The molecule has 2 N–H and O–H groups in total. The van der Waals surface area contributed by atoms with E-state index in [1.807, 2.05) is 55.6 Å². The number of carbonyl (C=O) groups excluding carboxylic acids is 2. The minimum Gasteiger partial charge on any atom is -0.267 e. The Balaban J connectivity index is 1.39. The van der Waals surface area contributed by atoms with Crippen molar-refractivity contribution in [3.8, 4) is 16.3 Å². The van der Waals surface area contributed by atoms with Crippen LogP contribution in [0.4, 0.5) is 0 Å². The molecule has 0 spiro atoms. The number of rotatable bonds is 5. The lowest BCUT2D eigenvalue weighted by Crippen LogP contribution is -2.41. The molecule has 0 saturated carbocycles. The van der Waals surface area contributed by atoms with E-state index in [4.69, 9.17) is 0 Å². The van der Waals surface area contributed by atoms with Crippen LogP contribution in [0.2, 0.25) is 0 Å². The molecular weight excluding hydrogens is 398 g/mol. The van der Waals surface area contributed by atoms with E-state index < -0.39 is 5.91 Å². The lowest BCUT2D eigenvalue weighted by molar-refractivity contribution is 0.0844. The Hall–Kier alpha value is -3.78. The van der Waals surface area contributed by atoms with Crippen LogP contribution in [0.3, 0.4) is 0 Å². The Bertz CT molecular complexity index is 1170. The number of hydrazine groups is 1. The summed E-state index contributed by atoms with van der Waals surface area (Å²) < 4.78 is 1.75. The summed E-state index contributed by atoms with van der Waals surface area (Å²) in [5.41, 5.74) is 8.41. The van der Waals surface area contributed by atoms with Crippen LogP contribution in [0, 0.1) is 0 Å². The summed E-state index contributed by atoms with van der Waals surface area (Å²) in [6.07, 6.45) is 4.46. The third kappa shape index (κ3) is 4.28. The molecule has 0 fully saturated rings. The highest BCUT2D eigenvalue weighted by molar-refractivity contribution is 7.13. The highest BCUT2D eigenvalue weighted by atomic mass is 32.1. The maximum atomic E-state index is 12.3. The molecule has 2 amide bonds. The molecule has 7 nitrogen and oxygen atoms in total. The van der Waals surface area contributed by atoms with Crippen LogP contribution in [0.15, 0.2) is 72.4 Å². The molecular formula is C22H19N5O2S. The van der Waals surface area contributed by atoms with Crippen molar-refractivity contribution in [2.75, 3.05) is 0 Å². The first-order valence-electron chi connectivity index (χ1n) is 9.39. The third-order valence-electron chi connectivity index (χ3n) is 4.50. The average Bonchev–Trinajstić information content (AvgIpc) is 3.48. The zero-order valence-corrected chi connectivity index (χ0v) is 17.0. The Morgan fingerprint density at radius 1 is 1.00 bits per heavy atom. The van der Waals surface area contributed by atoms with Gasteiger partial charge in [0.1, 0.15) is 10.7 Å². The summed E-state index contributed by atoms with van der Waals surface area (Å²) in [6.45, 7) is 2.05. The predicted molar refractivity (Wildman–Crippen MR) is 115 cm³/mol. The first-order chi connectivity index (χ1) is 14.6. The standard InChI is InChI=1S/C22H19N5O2S/c1-2-15-8-10-16(11-9-15)20(28)25-26-21(29)19-14-30-22(24-19)17-12-23-27(13-17)18-6-4-3-5-7-18/h3-14H,2H2,1H3,(H,25,28)(H,26,29). The van der Waals surface area contributed by atoms with Crippen LogP contribution in [0.1, 0.15) is 33.3 Å². The van der Waals surface area contributed by atoms with E-state index in [0.717, 1.165) is 23.2 Å². The Morgan fingerprint density at radius 2 is 1.73 bits per heavy atom. The van der Waals surface area contributed by atoms with E-state index in [9.17, 15) is 9.59 Å². The largest absolute Gasteiger partial charge is 0.289 e. The Labute approximate surface area is 177 Å². The molecule has 2 aromatic carbocycles. The Morgan fingerprint density at radius 3 is 2.47 bits per heavy atom. The summed E-state index contributed by atoms with van der Waals surface area (Å²) >= 11 is 1.34. The highest BCUT2D eigenvalue weighted by Gasteiger charge is 2.14. The number of benzene rings is 2. The number of thiazole rings is 1. The lowest BCUT2D eigenvalue weighted by atomic mass is 10.1. The summed E-state index contributed by atoms with van der Waals surface area (Å²) in [5, 5.41) is 6.66. The van der Waals surface area contributed by atoms with Crippen LogP contribution in [0.5, 0.6) is 0 Å². The number of nitrogens with zero attached hydrogens (tertiary/aromatic N) is 3. The second-order valence-corrected chi connectivity index (χ2v) is 7.36. The molecule has 0 unspecified atom stereocenters. The summed E-state index contributed by atoms with van der Waals surface area (Å²) in [5.74, 6) is -0.864. The minimum absolute atomic E-state index is 0.226. The zero-order chi connectivity index (χ0) is 20.9. The van der Waals surface area contributed by atoms with Gasteiger partial charge in [-0.3, -0.25) is 20.4 Å². The third-order valence-corrected chi connectivity index (χ3v) is 5.39. The van der Waals surface area contributed by atoms with Crippen molar-refractivity contribution in [1.82, 2.24) is 25.6 Å².